The van der Waals surface area contributed by atoms with Gasteiger partial charge in [-0.2, -0.15) is 11.8 Å². The van der Waals surface area contributed by atoms with Gasteiger partial charge in [0.05, 0.1) is 27.6 Å². The van der Waals surface area contributed by atoms with Crippen molar-refractivity contribution in [1.29, 1.82) is 0 Å². The molecule has 1 heterocycles. The molecule has 0 aliphatic carbocycles. The first-order valence-electron chi connectivity index (χ1n) is 7.65. The number of amides is 3. The van der Waals surface area contributed by atoms with E-state index >= 15 is 0 Å². The summed E-state index contributed by atoms with van der Waals surface area (Å²) >= 11 is 7.34. The molecule has 128 valence electrons. The van der Waals surface area contributed by atoms with Gasteiger partial charge in [-0.1, -0.05) is 35.9 Å². The molecule has 0 aromatic heterocycles. The number of hydrogen-bond acceptors (Lipinski definition) is 4. The van der Waals surface area contributed by atoms with Gasteiger partial charge in [-0.15, -0.1) is 0 Å². The summed E-state index contributed by atoms with van der Waals surface area (Å²) in [6.07, 6.45) is 0. The highest BCUT2D eigenvalue weighted by atomic mass is 35.5. The number of halogens is 1. The van der Waals surface area contributed by atoms with Crippen LogP contribution in [0.1, 0.15) is 20.7 Å². The van der Waals surface area contributed by atoms with Gasteiger partial charge >= 0.3 is 0 Å². The van der Waals surface area contributed by atoms with Gasteiger partial charge < -0.3 is 5.32 Å². The number of fused-ring (bicyclic) bond motifs is 1. The van der Waals surface area contributed by atoms with E-state index in [1.807, 2.05) is 0 Å². The highest BCUT2D eigenvalue weighted by Gasteiger charge is 2.34. The lowest BCUT2D eigenvalue weighted by molar-refractivity contribution is -0.113. The summed E-state index contributed by atoms with van der Waals surface area (Å²) in [6, 6.07) is 13.8. The van der Waals surface area contributed by atoms with E-state index in [0.29, 0.717) is 27.6 Å². The summed E-state index contributed by atoms with van der Waals surface area (Å²) in [6.45, 7) is 0.274. The molecule has 3 amide bonds. The summed E-state index contributed by atoms with van der Waals surface area (Å²) in [4.78, 5) is 37.6. The number of rotatable bonds is 6. The van der Waals surface area contributed by atoms with Crippen LogP contribution in [0.5, 0.6) is 0 Å². The van der Waals surface area contributed by atoms with E-state index in [-0.39, 0.29) is 30.0 Å². The Morgan fingerprint density at radius 2 is 1.60 bits per heavy atom. The monoisotopic (exact) mass is 374 g/mol. The molecule has 3 rings (SSSR count). The Kier molecular flexibility index (Phi) is 5.40. The molecular weight excluding hydrogens is 360 g/mol. The molecule has 1 aliphatic rings. The lowest BCUT2D eigenvalue weighted by atomic mass is 10.1. The van der Waals surface area contributed by atoms with Crippen LogP contribution in [0.2, 0.25) is 5.02 Å². The second-order valence-corrected chi connectivity index (χ2v) is 6.90. The van der Waals surface area contributed by atoms with Gasteiger partial charge in [-0.05, 0) is 24.3 Å². The first-order chi connectivity index (χ1) is 12.1. The maximum atomic E-state index is 12.2. The van der Waals surface area contributed by atoms with Crippen LogP contribution in [-0.2, 0) is 4.79 Å². The van der Waals surface area contributed by atoms with Crippen LogP contribution in [0.25, 0.3) is 0 Å². The van der Waals surface area contributed by atoms with Crippen LogP contribution in [0.4, 0.5) is 5.69 Å². The molecule has 5 nitrogen and oxygen atoms in total. The van der Waals surface area contributed by atoms with Crippen molar-refractivity contribution in [2.45, 2.75) is 0 Å². The van der Waals surface area contributed by atoms with E-state index in [4.69, 9.17) is 11.6 Å². The van der Waals surface area contributed by atoms with Crippen molar-refractivity contribution in [3.05, 3.63) is 64.7 Å². The molecule has 0 unspecified atom stereocenters. The molecule has 0 saturated heterocycles. The topological polar surface area (TPSA) is 66.5 Å². The average molecular weight is 375 g/mol. The van der Waals surface area contributed by atoms with Crippen LogP contribution < -0.4 is 5.32 Å². The smallest absolute Gasteiger partial charge is 0.261 e. The van der Waals surface area contributed by atoms with Crippen molar-refractivity contribution in [3.63, 3.8) is 0 Å². The summed E-state index contributed by atoms with van der Waals surface area (Å²) < 4.78 is 0. The maximum Gasteiger partial charge on any atom is 0.261 e. The normalized spacial score (nSPS) is 13.1. The van der Waals surface area contributed by atoms with E-state index in [0.717, 1.165) is 0 Å². The minimum absolute atomic E-state index is 0.180. The number of hydrogen-bond donors (Lipinski definition) is 1. The number of benzene rings is 2. The summed E-state index contributed by atoms with van der Waals surface area (Å²) in [5.41, 5.74) is 1.44. The van der Waals surface area contributed by atoms with Gasteiger partial charge in [0.2, 0.25) is 5.91 Å². The van der Waals surface area contributed by atoms with Gasteiger partial charge in [-0.25, -0.2) is 0 Å². The Balaban J connectivity index is 1.46. The second kappa shape index (κ2) is 7.72. The minimum Gasteiger partial charge on any atom is -0.324 e. The Hall–Kier alpha value is -2.31. The largest absolute Gasteiger partial charge is 0.324 e. The molecule has 0 bridgehead atoms. The quantitative estimate of drug-likeness (QED) is 0.622. The number of nitrogens with one attached hydrogen (secondary N) is 1. The predicted molar refractivity (Wildman–Crippen MR) is 99.2 cm³/mol. The lowest BCUT2D eigenvalue weighted by Gasteiger charge is -2.13. The number of thioether (sulfide) groups is 1. The van der Waals surface area contributed by atoms with Crippen LogP contribution in [0.15, 0.2) is 48.5 Å². The standard InChI is InChI=1S/C18H15ClN2O3S/c19-14-7-3-4-8-15(14)20-16(22)11-25-10-9-21-17(23)12-5-1-2-6-13(12)18(21)24/h1-8H,9-11H2,(H,20,22). The number of carbonyl (C=O) groups excluding carboxylic acids is 3. The molecule has 1 N–H and O–H groups in total. The van der Waals surface area contributed by atoms with Crippen molar-refractivity contribution >= 4 is 46.8 Å². The van der Waals surface area contributed by atoms with E-state index in [1.165, 1.54) is 16.7 Å². The fourth-order valence-electron chi connectivity index (χ4n) is 2.51. The van der Waals surface area contributed by atoms with Crippen molar-refractivity contribution in [2.75, 3.05) is 23.4 Å². The lowest BCUT2D eigenvalue weighted by Crippen LogP contribution is -2.32. The summed E-state index contributed by atoms with van der Waals surface area (Å²) in [5.74, 6) is -0.0283. The highest BCUT2D eigenvalue weighted by Crippen LogP contribution is 2.23. The molecule has 2 aromatic carbocycles. The van der Waals surface area contributed by atoms with Gasteiger partial charge in [-0.3, -0.25) is 19.3 Å². The summed E-state index contributed by atoms with van der Waals surface area (Å²) in [5, 5.41) is 3.21. The average Bonchev–Trinajstić information content (AvgIpc) is 2.86. The molecular formula is C18H15ClN2O3S. The van der Waals surface area contributed by atoms with E-state index in [9.17, 15) is 14.4 Å². The Bertz CT molecular complexity index is 806. The number of nitrogens with zero attached hydrogens (tertiary/aromatic N) is 1. The van der Waals surface area contributed by atoms with Crippen molar-refractivity contribution < 1.29 is 14.4 Å². The van der Waals surface area contributed by atoms with Crippen LogP contribution >= 0.6 is 23.4 Å². The Morgan fingerprint density at radius 1 is 1.00 bits per heavy atom. The number of imide groups is 1. The molecule has 0 fully saturated rings. The first-order valence-corrected chi connectivity index (χ1v) is 9.18. The van der Waals surface area contributed by atoms with Crippen LogP contribution in [-0.4, -0.2) is 40.7 Å². The fraction of sp³-hybridized carbons (Fsp3) is 0.167. The second-order valence-electron chi connectivity index (χ2n) is 5.39. The predicted octanol–water partition coefficient (Wildman–Crippen LogP) is 3.31. The maximum absolute atomic E-state index is 12.2. The molecule has 2 aromatic rings. The first kappa shape index (κ1) is 17.5. The van der Waals surface area contributed by atoms with E-state index in [2.05, 4.69) is 5.32 Å². The third-order valence-electron chi connectivity index (χ3n) is 3.72. The molecule has 1 aliphatic heterocycles. The Labute approximate surface area is 154 Å². The van der Waals surface area contributed by atoms with E-state index in [1.54, 1.807) is 48.5 Å². The fourth-order valence-corrected chi connectivity index (χ4v) is 3.41. The zero-order chi connectivity index (χ0) is 17.8. The highest BCUT2D eigenvalue weighted by molar-refractivity contribution is 7.99. The SMILES string of the molecule is O=C(CSCCN1C(=O)c2ccccc2C1=O)Nc1ccccc1Cl. The third-order valence-corrected chi connectivity index (χ3v) is 4.99. The van der Waals surface area contributed by atoms with Crippen molar-refractivity contribution in [1.82, 2.24) is 4.90 Å². The van der Waals surface area contributed by atoms with Crippen LogP contribution in [0.3, 0.4) is 0 Å². The molecule has 0 spiro atoms. The van der Waals surface area contributed by atoms with Crippen molar-refractivity contribution in [3.8, 4) is 0 Å². The zero-order valence-electron chi connectivity index (χ0n) is 13.2. The number of carbonyl (C=O) groups is 3. The van der Waals surface area contributed by atoms with E-state index < -0.39 is 0 Å². The van der Waals surface area contributed by atoms with Gasteiger partial charge in [0.25, 0.3) is 11.8 Å². The number of anilines is 1. The van der Waals surface area contributed by atoms with Crippen LogP contribution in [0, 0.1) is 0 Å². The minimum atomic E-state index is -0.276. The zero-order valence-corrected chi connectivity index (χ0v) is 14.8. The Morgan fingerprint density at radius 3 is 2.24 bits per heavy atom. The van der Waals surface area contributed by atoms with Gasteiger partial charge in [0.15, 0.2) is 0 Å². The molecule has 0 radical (unpaired) electrons. The molecule has 7 heteroatoms. The summed E-state index contributed by atoms with van der Waals surface area (Å²) in [7, 11) is 0. The molecule has 0 atom stereocenters. The van der Waals surface area contributed by atoms with Gasteiger partial charge in [0.1, 0.15) is 0 Å². The number of para-hydroxylation sites is 1. The molecule has 0 saturated carbocycles. The molecule has 25 heavy (non-hydrogen) atoms. The van der Waals surface area contributed by atoms with Gasteiger partial charge in [0, 0.05) is 12.3 Å². The van der Waals surface area contributed by atoms with Crippen molar-refractivity contribution in [2.24, 2.45) is 0 Å². The third kappa shape index (κ3) is 3.86.